The van der Waals surface area contributed by atoms with Gasteiger partial charge in [0.2, 0.25) is 0 Å². The van der Waals surface area contributed by atoms with Crippen LogP contribution in [0.5, 0.6) is 0 Å². The van der Waals surface area contributed by atoms with E-state index in [0.717, 1.165) is 5.56 Å². The third kappa shape index (κ3) is 4.95. The monoisotopic (exact) mass is 394 g/mol. The van der Waals surface area contributed by atoms with Crippen molar-refractivity contribution in [1.29, 1.82) is 0 Å². The van der Waals surface area contributed by atoms with Crippen molar-refractivity contribution in [3.05, 3.63) is 63.7 Å². The predicted octanol–water partition coefficient (Wildman–Crippen LogP) is 5.27. The number of rotatable bonds is 7. The molecule has 0 saturated carbocycles. The standard InChI is InChI=1S/C18H19IO2/c1-2-20-14-21-13-15-7-9-17(10-8-15)18-6-4-3-5-16(18)11-12-19/h3-12H,2,13-14H2,1H3/b12-11+. The van der Waals surface area contributed by atoms with E-state index in [1.165, 1.54) is 16.7 Å². The molecule has 0 heterocycles. The highest BCUT2D eigenvalue weighted by atomic mass is 127. The topological polar surface area (TPSA) is 18.5 Å². The van der Waals surface area contributed by atoms with Gasteiger partial charge in [-0.3, -0.25) is 0 Å². The molecule has 0 bridgehead atoms. The molecule has 0 spiro atoms. The van der Waals surface area contributed by atoms with Crippen molar-refractivity contribution < 1.29 is 9.47 Å². The van der Waals surface area contributed by atoms with Gasteiger partial charge in [0.15, 0.2) is 0 Å². The minimum atomic E-state index is 0.349. The maximum Gasteiger partial charge on any atom is 0.147 e. The lowest BCUT2D eigenvalue weighted by Gasteiger charge is -2.08. The second-order valence-corrected chi connectivity index (χ2v) is 5.26. The quantitative estimate of drug-likeness (QED) is 0.362. The summed E-state index contributed by atoms with van der Waals surface area (Å²) >= 11 is 2.25. The van der Waals surface area contributed by atoms with E-state index >= 15 is 0 Å². The molecule has 0 N–H and O–H groups in total. The van der Waals surface area contributed by atoms with Crippen LogP contribution >= 0.6 is 22.6 Å². The summed E-state index contributed by atoms with van der Waals surface area (Å²) in [4.78, 5) is 0. The number of hydrogen-bond donors (Lipinski definition) is 0. The van der Waals surface area contributed by atoms with Crippen LogP contribution < -0.4 is 0 Å². The minimum Gasteiger partial charge on any atom is -0.356 e. The van der Waals surface area contributed by atoms with Gasteiger partial charge >= 0.3 is 0 Å². The average Bonchev–Trinajstić information content (AvgIpc) is 2.53. The molecule has 21 heavy (non-hydrogen) atoms. The second-order valence-electron chi connectivity index (χ2n) is 4.54. The average molecular weight is 394 g/mol. The van der Waals surface area contributed by atoms with Crippen LogP contribution in [0.25, 0.3) is 17.2 Å². The molecular weight excluding hydrogens is 375 g/mol. The fraction of sp³-hybridized carbons (Fsp3) is 0.222. The molecule has 2 nitrogen and oxygen atoms in total. The van der Waals surface area contributed by atoms with Crippen LogP contribution in [0, 0.1) is 0 Å². The van der Waals surface area contributed by atoms with Crippen molar-refractivity contribution in [2.45, 2.75) is 13.5 Å². The highest BCUT2D eigenvalue weighted by Gasteiger charge is 2.02. The fourth-order valence-electron chi connectivity index (χ4n) is 2.06. The molecular formula is C18H19IO2. The van der Waals surface area contributed by atoms with E-state index in [4.69, 9.17) is 9.47 Å². The Labute approximate surface area is 139 Å². The third-order valence-electron chi connectivity index (χ3n) is 3.11. The van der Waals surface area contributed by atoms with E-state index in [2.05, 4.69) is 77.2 Å². The maximum atomic E-state index is 5.43. The van der Waals surface area contributed by atoms with Crippen LogP contribution in [0.15, 0.2) is 52.6 Å². The summed E-state index contributed by atoms with van der Waals surface area (Å²) in [6.07, 6.45) is 2.12. The third-order valence-corrected chi connectivity index (χ3v) is 3.47. The highest BCUT2D eigenvalue weighted by molar-refractivity contribution is 14.1. The van der Waals surface area contributed by atoms with Gasteiger partial charge in [-0.05, 0) is 39.3 Å². The SMILES string of the molecule is CCOCOCc1ccc(-c2ccccc2/C=C/I)cc1. The van der Waals surface area contributed by atoms with Gasteiger partial charge in [0.05, 0.1) is 6.61 Å². The molecule has 0 amide bonds. The largest absolute Gasteiger partial charge is 0.356 e. The van der Waals surface area contributed by atoms with Crippen molar-refractivity contribution in [3.63, 3.8) is 0 Å². The van der Waals surface area contributed by atoms with Gasteiger partial charge in [0, 0.05) is 6.61 Å². The second kappa shape index (κ2) is 8.97. The Morgan fingerprint density at radius 3 is 2.48 bits per heavy atom. The molecule has 0 aliphatic carbocycles. The molecule has 0 unspecified atom stereocenters. The zero-order valence-electron chi connectivity index (χ0n) is 12.1. The van der Waals surface area contributed by atoms with Crippen LogP contribution in [0.4, 0.5) is 0 Å². The first-order valence-corrected chi connectivity index (χ1v) is 8.20. The Balaban J connectivity index is 2.08. The normalized spacial score (nSPS) is 11.1. The van der Waals surface area contributed by atoms with Crippen molar-refractivity contribution in [3.8, 4) is 11.1 Å². The highest BCUT2D eigenvalue weighted by Crippen LogP contribution is 2.25. The number of halogens is 1. The summed E-state index contributed by atoms with van der Waals surface area (Å²) in [7, 11) is 0. The van der Waals surface area contributed by atoms with Crippen molar-refractivity contribution >= 4 is 28.7 Å². The van der Waals surface area contributed by atoms with Gasteiger partial charge in [-0.1, -0.05) is 71.1 Å². The first-order valence-electron chi connectivity index (χ1n) is 6.95. The molecule has 0 aliphatic heterocycles. The molecule has 2 rings (SSSR count). The summed E-state index contributed by atoms with van der Waals surface area (Å²) in [5, 5.41) is 0. The molecule has 2 aromatic rings. The molecule has 0 fully saturated rings. The summed E-state index contributed by atoms with van der Waals surface area (Å²) in [5.74, 6) is 0. The van der Waals surface area contributed by atoms with E-state index < -0.39 is 0 Å². The van der Waals surface area contributed by atoms with Gasteiger partial charge in [0.25, 0.3) is 0 Å². The molecule has 110 valence electrons. The Morgan fingerprint density at radius 2 is 1.76 bits per heavy atom. The van der Waals surface area contributed by atoms with Gasteiger partial charge in [-0.15, -0.1) is 0 Å². The number of ether oxygens (including phenoxy) is 2. The van der Waals surface area contributed by atoms with Crippen LogP contribution in [0.1, 0.15) is 18.1 Å². The fourth-order valence-corrected chi connectivity index (χ4v) is 2.44. The van der Waals surface area contributed by atoms with Crippen LogP contribution in [0.3, 0.4) is 0 Å². The Bertz CT molecular complexity index is 576. The number of benzene rings is 2. The van der Waals surface area contributed by atoms with Crippen LogP contribution in [0.2, 0.25) is 0 Å². The van der Waals surface area contributed by atoms with Crippen LogP contribution in [-0.4, -0.2) is 13.4 Å². The van der Waals surface area contributed by atoms with Gasteiger partial charge in [-0.2, -0.15) is 0 Å². The van der Waals surface area contributed by atoms with Crippen molar-refractivity contribution in [1.82, 2.24) is 0 Å². The number of hydrogen-bond acceptors (Lipinski definition) is 2. The predicted molar refractivity (Wildman–Crippen MR) is 96.2 cm³/mol. The first kappa shape index (κ1) is 16.2. The lowest BCUT2D eigenvalue weighted by atomic mass is 9.99. The minimum absolute atomic E-state index is 0.349. The van der Waals surface area contributed by atoms with Gasteiger partial charge in [0.1, 0.15) is 6.79 Å². The summed E-state index contributed by atoms with van der Waals surface area (Å²) in [6, 6.07) is 16.9. The maximum absolute atomic E-state index is 5.43. The summed E-state index contributed by atoms with van der Waals surface area (Å²) in [6.45, 7) is 3.57. The Kier molecular flexibility index (Phi) is 6.92. The lowest BCUT2D eigenvalue weighted by molar-refractivity contribution is -0.0571. The molecule has 0 aliphatic rings. The van der Waals surface area contributed by atoms with Crippen molar-refractivity contribution in [2.24, 2.45) is 0 Å². The van der Waals surface area contributed by atoms with E-state index in [1.807, 2.05) is 11.0 Å². The smallest absolute Gasteiger partial charge is 0.147 e. The zero-order chi connectivity index (χ0) is 14.9. The Hall–Kier alpha value is -1.17. The van der Waals surface area contributed by atoms with Gasteiger partial charge in [-0.25, -0.2) is 0 Å². The van der Waals surface area contributed by atoms with E-state index in [9.17, 15) is 0 Å². The molecule has 0 radical (unpaired) electrons. The zero-order valence-corrected chi connectivity index (χ0v) is 14.2. The summed E-state index contributed by atoms with van der Waals surface area (Å²) < 4.78 is 12.6. The molecule has 0 aromatic heterocycles. The molecule has 2 aromatic carbocycles. The molecule has 0 atom stereocenters. The van der Waals surface area contributed by atoms with Crippen LogP contribution in [-0.2, 0) is 16.1 Å². The van der Waals surface area contributed by atoms with E-state index in [-0.39, 0.29) is 0 Å². The Morgan fingerprint density at radius 1 is 1.00 bits per heavy atom. The lowest BCUT2D eigenvalue weighted by Crippen LogP contribution is -1.99. The summed E-state index contributed by atoms with van der Waals surface area (Å²) in [5.41, 5.74) is 4.84. The van der Waals surface area contributed by atoms with E-state index in [1.54, 1.807) is 0 Å². The molecule has 0 saturated heterocycles. The molecule has 3 heteroatoms. The van der Waals surface area contributed by atoms with Gasteiger partial charge < -0.3 is 9.47 Å². The van der Waals surface area contributed by atoms with E-state index in [0.29, 0.717) is 20.0 Å². The van der Waals surface area contributed by atoms with Crippen molar-refractivity contribution in [2.75, 3.05) is 13.4 Å². The first-order chi connectivity index (χ1) is 10.3.